The van der Waals surface area contributed by atoms with Gasteiger partial charge in [-0.15, -0.1) is 0 Å². The first kappa shape index (κ1) is 19.0. The number of rotatable bonds is 6. The molecule has 1 heterocycles. The van der Waals surface area contributed by atoms with E-state index in [0.717, 1.165) is 0 Å². The Morgan fingerprint density at radius 1 is 1.41 bits per heavy atom. The predicted octanol–water partition coefficient (Wildman–Crippen LogP) is 3.41. The molecule has 1 saturated heterocycles. The van der Waals surface area contributed by atoms with Crippen LogP contribution in [0.15, 0.2) is 5.11 Å². The molecule has 0 spiro atoms. The molecule has 1 rings (SSSR count). The monoisotopic (exact) mass is 329 g/mol. The van der Waals surface area contributed by atoms with Crippen molar-refractivity contribution < 1.29 is 18.7 Å². The van der Waals surface area contributed by atoms with Crippen LogP contribution in [0.3, 0.4) is 0 Å². The number of hydrogen-bond donors (Lipinski definition) is 0. The first-order valence-corrected chi connectivity index (χ1v) is 10.4. The van der Waals surface area contributed by atoms with Gasteiger partial charge in [0.05, 0.1) is 18.8 Å². The molecule has 0 aromatic heterocycles. The van der Waals surface area contributed by atoms with Crippen molar-refractivity contribution in [2.24, 2.45) is 5.11 Å². The van der Waals surface area contributed by atoms with Gasteiger partial charge in [-0.1, -0.05) is 25.9 Å². The maximum absolute atomic E-state index is 12.1. The molecule has 0 N–H and O–H groups in total. The molecule has 1 aliphatic rings. The summed E-state index contributed by atoms with van der Waals surface area (Å²) >= 11 is 0. The van der Waals surface area contributed by atoms with Crippen LogP contribution in [0.5, 0.6) is 0 Å². The number of carbonyl (C=O) groups is 1. The number of nitrogens with zero attached hydrogens (tertiary/aromatic N) is 3. The van der Waals surface area contributed by atoms with E-state index in [-0.39, 0.29) is 17.7 Å². The van der Waals surface area contributed by atoms with E-state index < -0.39 is 32.6 Å². The van der Waals surface area contributed by atoms with Crippen LogP contribution in [0.1, 0.15) is 34.6 Å². The Morgan fingerprint density at radius 2 is 2.00 bits per heavy atom. The third kappa shape index (κ3) is 4.46. The minimum Gasteiger partial charge on any atom is -0.461 e. The Kier molecular flexibility index (Phi) is 6.03. The third-order valence-corrected chi connectivity index (χ3v) is 8.61. The van der Waals surface area contributed by atoms with E-state index in [4.69, 9.17) is 19.4 Å². The second-order valence-electron chi connectivity index (χ2n) is 7.34. The van der Waals surface area contributed by atoms with Crippen LogP contribution < -0.4 is 0 Å². The molecular weight excluding hydrogens is 302 g/mol. The molecule has 22 heavy (non-hydrogen) atoms. The molecule has 126 valence electrons. The predicted molar refractivity (Wildman–Crippen MR) is 86.0 cm³/mol. The zero-order valence-electron chi connectivity index (χ0n) is 14.5. The molecule has 1 fully saturated rings. The Labute approximate surface area is 133 Å². The number of hydrogen-bond acceptors (Lipinski definition) is 5. The molecule has 7 nitrogen and oxygen atoms in total. The van der Waals surface area contributed by atoms with Gasteiger partial charge in [-0.05, 0) is 37.5 Å². The summed E-state index contributed by atoms with van der Waals surface area (Å²) in [5.41, 5.74) is 8.46. The third-order valence-electron chi connectivity index (χ3n) is 4.13. The molecule has 0 amide bonds. The average Bonchev–Trinajstić information content (AvgIpc) is 2.32. The van der Waals surface area contributed by atoms with Crippen molar-refractivity contribution in [3.63, 3.8) is 0 Å². The summed E-state index contributed by atoms with van der Waals surface area (Å²) in [7, 11) is -2.07. The van der Waals surface area contributed by atoms with E-state index in [2.05, 4.69) is 43.9 Å². The molecule has 0 radical (unpaired) electrons. The molecule has 3 atom stereocenters. The Hall–Kier alpha value is -1.08. The van der Waals surface area contributed by atoms with Gasteiger partial charge in [0, 0.05) is 4.91 Å². The topological polar surface area (TPSA) is 93.5 Å². The highest BCUT2D eigenvalue weighted by Gasteiger charge is 2.52. The van der Waals surface area contributed by atoms with Gasteiger partial charge >= 0.3 is 5.97 Å². The van der Waals surface area contributed by atoms with Crippen LogP contribution in [0.2, 0.25) is 18.1 Å². The summed E-state index contributed by atoms with van der Waals surface area (Å²) in [6.07, 6.45) is -1.76. The fraction of sp³-hybridized carbons (Fsp3) is 0.929. The first-order valence-electron chi connectivity index (χ1n) is 7.54. The van der Waals surface area contributed by atoms with Crippen molar-refractivity contribution in [3.05, 3.63) is 10.4 Å². The second kappa shape index (κ2) is 7.00. The van der Waals surface area contributed by atoms with Crippen molar-refractivity contribution in [1.82, 2.24) is 0 Å². The number of esters is 1. The summed E-state index contributed by atoms with van der Waals surface area (Å²) in [5.74, 6) is -0.420. The van der Waals surface area contributed by atoms with E-state index in [1.165, 1.54) is 0 Å². The van der Waals surface area contributed by atoms with Crippen LogP contribution in [-0.4, -0.2) is 45.2 Å². The first-order chi connectivity index (χ1) is 9.99. The van der Waals surface area contributed by atoms with Crippen LogP contribution in [0.25, 0.3) is 10.4 Å². The Bertz CT molecular complexity index is 455. The van der Waals surface area contributed by atoms with E-state index in [1.54, 1.807) is 13.8 Å². The van der Waals surface area contributed by atoms with Crippen molar-refractivity contribution >= 4 is 14.3 Å². The maximum Gasteiger partial charge on any atom is 0.338 e. The van der Waals surface area contributed by atoms with Gasteiger partial charge in [-0.3, -0.25) is 0 Å². The summed E-state index contributed by atoms with van der Waals surface area (Å²) < 4.78 is 17.0. The van der Waals surface area contributed by atoms with Gasteiger partial charge in [0.25, 0.3) is 0 Å². The molecule has 8 heteroatoms. The largest absolute Gasteiger partial charge is 0.461 e. The quantitative estimate of drug-likeness (QED) is 0.245. The Morgan fingerprint density at radius 3 is 2.45 bits per heavy atom. The van der Waals surface area contributed by atoms with Crippen LogP contribution in [-0.2, 0) is 18.7 Å². The van der Waals surface area contributed by atoms with E-state index in [0.29, 0.717) is 0 Å². The van der Waals surface area contributed by atoms with Crippen LogP contribution in [0, 0.1) is 0 Å². The molecule has 1 aliphatic heterocycles. The summed E-state index contributed by atoms with van der Waals surface area (Å²) in [6.45, 7) is 14.3. The van der Waals surface area contributed by atoms with E-state index in [9.17, 15) is 4.79 Å². The lowest BCUT2D eigenvalue weighted by molar-refractivity contribution is -0.227. The fourth-order valence-electron chi connectivity index (χ4n) is 1.86. The summed E-state index contributed by atoms with van der Waals surface area (Å²) in [4.78, 5) is 14.8. The molecule has 0 aromatic carbocycles. The molecule has 0 bridgehead atoms. The van der Waals surface area contributed by atoms with E-state index >= 15 is 0 Å². The standard InChI is InChI=1S/C14H27N3O4Si/c1-9(2)19-13(18)12-11(10(20-12)8-16-17-15)21-22(6,7)14(3,4)5/h9-12H,8H2,1-7H3/t10-,11-,12+/m1/s1. The second-order valence-corrected chi connectivity index (χ2v) is 12.1. The Balaban J connectivity index is 2.84. The molecular formula is C14H27N3O4Si. The van der Waals surface area contributed by atoms with Crippen LogP contribution in [0.4, 0.5) is 0 Å². The highest BCUT2D eigenvalue weighted by molar-refractivity contribution is 6.74. The van der Waals surface area contributed by atoms with Gasteiger partial charge in [-0.25, -0.2) is 4.79 Å². The van der Waals surface area contributed by atoms with Crippen molar-refractivity contribution in [1.29, 1.82) is 0 Å². The smallest absolute Gasteiger partial charge is 0.338 e. The highest BCUT2D eigenvalue weighted by atomic mass is 28.4. The van der Waals surface area contributed by atoms with Crippen molar-refractivity contribution in [2.75, 3.05) is 6.54 Å². The average molecular weight is 329 g/mol. The molecule has 0 aromatic rings. The highest BCUT2D eigenvalue weighted by Crippen LogP contribution is 2.40. The molecule has 0 saturated carbocycles. The zero-order chi connectivity index (χ0) is 17.1. The molecule has 0 aliphatic carbocycles. The van der Waals surface area contributed by atoms with Gasteiger partial charge in [-0.2, -0.15) is 0 Å². The van der Waals surface area contributed by atoms with Gasteiger partial charge in [0.1, 0.15) is 6.10 Å². The van der Waals surface area contributed by atoms with Gasteiger partial charge in [0.15, 0.2) is 14.4 Å². The zero-order valence-corrected chi connectivity index (χ0v) is 15.5. The lowest BCUT2D eigenvalue weighted by Crippen LogP contribution is -2.64. The van der Waals surface area contributed by atoms with Crippen molar-refractivity contribution in [3.8, 4) is 0 Å². The van der Waals surface area contributed by atoms with Gasteiger partial charge < -0.3 is 13.9 Å². The lowest BCUT2D eigenvalue weighted by Gasteiger charge is -2.48. The SMILES string of the molecule is CC(C)OC(=O)[C@H]1O[C@H](CN=[N+]=[N-])[C@H]1O[Si](C)(C)C(C)(C)C. The lowest BCUT2D eigenvalue weighted by atomic mass is 10.0. The molecule has 0 unspecified atom stereocenters. The summed E-state index contributed by atoms with van der Waals surface area (Å²) in [5, 5.41) is 3.54. The van der Waals surface area contributed by atoms with E-state index in [1.807, 2.05) is 0 Å². The normalized spacial score (nSPS) is 25.4. The number of azide groups is 1. The van der Waals surface area contributed by atoms with Crippen molar-refractivity contribution in [2.45, 2.75) is 77.2 Å². The van der Waals surface area contributed by atoms with Gasteiger partial charge in [0.2, 0.25) is 0 Å². The summed E-state index contributed by atoms with van der Waals surface area (Å²) in [6, 6.07) is 0. The van der Waals surface area contributed by atoms with Crippen LogP contribution >= 0.6 is 0 Å². The maximum atomic E-state index is 12.1. The minimum atomic E-state index is -2.07. The number of ether oxygens (including phenoxy) is 2. The fourth-order valence-corrected chi connectivity index (χ4v) is 3.17. The minimum absolute atomic E-state index is 0.0120. The number of carbonyl (C=O) groups excluding carboxylic acids is 1.